The fourth-order valence-corrected chi connectivity index (χ4v) is 1.18. The third-order valence-electron chi connectivity index (χ3n) is 3.17. The maximum absolute atomic E-state index is 10.3. The Hall–Kier alpha value is 0.270. The largest absolute Gasteiger partial charge is 0.320 e. The number of amidine groups is 1. The minimum absolute atomic E-state index is 0. The van der Waals surface area contributed by atoms with Gasteiger partial charge in [-0.3, -0.25) is 9.69 Å². The van der Waals surface area contributed by atoms with Crippen molar-refractivity contribution >= 4 is 49.0 Å². The number of halogens is 3. The van der Waals surface area contributed by atoms with Gasteiger partial charge in [-0.1, -0.05) is 12.6 Å². The molecule has 1 amide bonds. The van der Waals surface area contributed by atoms with Crippen molar-refractivity contribution in [1.29, 1.82) is 0 Å². The molecule has 3 N–H and O–H groups in total. The maximum Gasteiger partial charge on any atom is -0.219 e. The molecule has 1 aromatic heterocycles. The van der Waals surface area contributed by atoms with Crippen molar-refractivity contribution in [1.82, 2.24) is 19.9 Å². The van der Waals surface area contributed by atoms with Gasteiger partial charge < -0.3 is 24.1 Å². The Kier molecular flexibility index (Phi) is 35.5. The van der Waals surface area contributed by atoms with E-state index in [1.165, 1.54) is 6.92 Å². The molecular formula is C17H40I3N6O5-. The molecule has 11 nitrogen and oxygen atoms in total. The summed E-state index contributed by atoms with van der Waals surface area (Å²) in [4.78, 5) is 21.5. The van der Waals surface area contributed by atoms with Gasteiger partial charge in [0.2, 0.25) is 17.7 Å². The number of nitrogens with zero attached hydrogens (tertiary/aromatic N) is 5. The first-order valence-electron chi connectivity index (χ1n) is 8.21. The van der Waals surface area contributed by atoms with E-state index in [1.807, 2.05) is 40.0 Å². The number of amides is 1. The fraction of sp³-hybridized carbons (Fsp3) is 0.765. The number of aliphatic imine (C=N–C) groups is 1. The van der Waals surface area contributed by atoms with Crippen molar-refractivity contribution in [3.63, 3.8) is 0 Å². The van der Waals surface area contributed by atoms with Gasteiger partial charge in [-0.05, 0) is 27.9 Å². The molecular weight excluding hydrogens is 749 g/mol. The average Bonchev–Trinajstić information content (AvgIpc) is 3.06. The van der Waals surface area contributed by atoms with Crippen LogP contribution in [-0.2, 0) is 14.3 Å². The molecule has 0 radical (unpaired) electrons. The fourth-order valence-electron chi connectivity index (χ4n) is 1.18. The van der Waals surface area contributed by atoms with Crippen molar-refractivity contribution in [3.05, 3.63) is 11.7 Å². The summed E-state index contributed by atoms with van der Waals surface area (Å²) in [6.45, 7) is 8.64. The molecule has 1 heterocycles. The molecule has 1 rings (SSSR count). The van der Waals surface area contributed by atoms with Gasteiger partial charge in [0.05, 0.1) is 0 Å². The van der Waals surface area contributed by atoms with E-state index < -0.39 is 5.91 Å². The van der Waals surface area contributed by atoms with Crippen LogP contribution >= 0.6 is 37.2 Å². The van der Waals surface area contributed by atoms with Crippen LogP contribution in [0.2, 0.25) is 0 Å². The summed E-state index contributed by atoms with van der Waals surface area (Å²) in [5.41, 5.74) is 0. The molecule has 190 valence electrons. The Morgan fingerprint density at radius 3 is 1.61 bits per heavy atom. The van der Waals surface area contributed by atoms with Crippen LogP contribution in [0.25, 0.3) is 0 Å². The number of aromatic nitrogens is 2. The molecule has 0 atom stereocenters. The van der Waals surface area contributed by atoms with Gasteiger partial charge in [0, 0.05) is 49.1 Å². The van der Waals surface area contributed by atoms with E-state index in [0.717, 1.165) is 5.84 Å². The second-order valence-electron chi connectivity index (χ2n) is 5.69. The van der Waals surface area contributed by atoms with Gasteiger partial charge in [0.1, 0.15) is 5.84 Å². The van der Waals surface area contributed by atoms with Crippen molar-refractivity contribution < 1.29 is 37.3 Å². The molecule has 0 spiro atoms. The normalized spacial score (nSPS) is 10.0. The van der Waals surface area contributed by atoms with E-state index in [0.29, 0.717) is 25.0 Å². The first kappa shape index (κ1) is 41.5. The molecule has 0 aliphatic rings. The van der Waals surface area contributed by atoms with Crippen molar-refractivity contribution in [2.24, 2.45) is 10.9 Å². The number of carbonyl (C=O) groups excluding carboxylic acids is 1. The number of aryl methyl sites for hydroxylation is 2. The summed E-state index contributed by atoms with van der Waals surface area (Å²) in [7, 11) is 10.7. The van der Waals surface area contributed by atoms with Crippen LogP contribution in [-0.4, -0.2) is 85.2 Å². The average molecular weight is 789 g/mol. The second kappa shape index (κ2) is 26.5. The second-order valence-corrected chi connectivity index (χ2v) is 21.9. The van der Waals surface area contributed by atoms with Crippen LogP contribution in [0.3, 0.4) is 0 Å². The molecule has 14 heteroatoms. The Labute approximate surface area is 217 Å². The summed E-state index contributed by atoms with van der Waals surface area (Å²) in [5, 5.41) is 10.0. The van der Waals surface area contributed by atoms with E-state index in [4.69, 9.17) is 14.7 Å². The molecule has 0 saturated carbocycles. The zero-order chi connectivity index (χ0) is 24.9. The predicted octanol–water partition coefficient (Wildman–Crippen LogP) is 0.460. The van der Waals surface area contributed by atoms with Gasteiger partial charge in [-0.2, -0.15) is 4.98 Å². The summed E-state index contributed by atoms with van der Waals surface area (Å²) in [6, 6.07) is 0. The van der Waals surface area contributed by atoms with Crippen LogP contribution in [0, 0.1) is 13.8 Å². The Morgan fingerprint density at radius 1 is 1.16 bits per heavy atom. The summed E-state index contributed by atoms with van der Waals surface area (Å²) < 4.78 is 14.7. The smallest absolute Gasteiger partial charge is 0.219 e. The standard InChI is InChI=1S/C6H12N2O.C6H15NO2.C4H6N2O.CH4.I3.H3NO/c1-5(8(3)4)7-6(2)9;1-6(8-4,9-5)7(2)3;1-3-5-4(2)7-6-3;;1-3-2;1-2/h1-4H3;1-5H3;1-2H3;1H4;;2H,1H2/q;;;;-1;. The first-order valence-corrected chi connectivity index (χ1v) is 20.8. The molecule has 0 unspecified atom stereocenters. The zero-order valence-corrected chi connectivity index (χ0v) is 26.0. The summed E-state index contributed by atoms with van der Waals surface area (Å²) in [6.07, 6.45) is 0. The van der Waals surface area contributed by atoms with Crippen LogP contribution in [0.1, 0.15) is 39.9 Å². The van der Waals surface area contributed by atoms with Crippen molar-refractivity contribution in [2.45, 2.75) is 48.0 Å². The number of hydrogen-bond donors (Lipinski definition) is 2. The Balaban J connectivity index is -0.0000000975. The molecule has 0 saturated heterocycles. The van der Waals surface area contributed by atoms with Crippen LogP contribution in [0.15, 0.2) is 9.52 Å². The minimum atomic E-state index is -0.583. The quantitative estimate of drug-likeness (QED) is 0.146. The molecule has 0 aromatic carbocycles. The maximum atomic E-state index is 10.3. The Morgan fingerprint density at radius 2 is 1.55 bits per heavy atom. The first-order chi connectivity index (χ1) is 13.8. The van der Waals surface area contributed by atoms with Gasteiger partial charge in [0.25, 0.3) is 0 Å². The third-order valence-corrected chi connectivity index (χ3v) is 3.17. The van der Waals surface area contributed by atoms with Crippen LogP contribution in [0.5, 0.6) is 0 Å². The van der Waals surface area contributed by atoms with E-state index in [-0.39, 0.29) is 13.3 Å². The van der Waals surface area contributed by atoms with Crippen molar-refractivity contribution in [2.75, 3.05) is 42.4 Å². The number of ether oxygens (including phenoxy) is 2. The van der Waals surface area contributed by atoms with Crippen LogP contribution < -0.4 is 19.2 Å². The predicted molar refractivity (Wildman–Crippen MR) is 138 cm³/mol. The molecule has 0 aliphatic heterocycles. The topological polar surface area (TPSA) is 140 Å². The number of hydrogen-bond acceptors (Lipinski definition) is 9. The molecule has 0 fully saturated rings. The van der Waals surface area contributed by atoms with Gasteiger partial charge in [-0.15, -0.1) is 0 Å². The Bertz CT molecular complexity index is 540. The third kappa shape index (κ3) is 28.2. The van der Waals surface area contributed by atoms with Gasteiger partial charge in [0.15, 0.2) is 5.82 Å². The number of rotatable bonds is 3. The summed E-state index contributed by atoms with van der Waals surface area (Å²) >= 11 is 5.30. The van der Waals surface area contributed by atoms with E-state index in [9.17, 15) is 4.79 Å². The monoisotopic (exact) mass is 789 g/mol. The summed E-state index contributed by atoms with van der Waals surface area (Å²) in [5.74, 6) is 4.82. The van der Waals surface area contributed by atoms with Crippen LogP contribution in [0.4, 0.5) is 0 Å². The minimum Gasteiger partial charge on any atom is -0.320 e. The molecule has 0 bridgehead atoms. The molecule has 31 heavy (non-hydrogen) atoms. The zero-order valence-electron chi connectivity index (χ0n) is 19.5. The van der Waals surface area contributed by atoms with Crippen molar-refractivity contribution in [3.8, 4) is 0 Å². The molecule has 0 aliphatic carbocycles. The van der Waals surface area contributed by atoms with Gasteiger partial charge in [-0.25, -0.2) is 10.9 Å². The molecule has 1 aromatic rings. The van der Waals surface area contributed by atoms with Gasteiger partial charge >= 0.3 is 50.5 Å². The van der Waals surface area contributed by atoms with E-state index in [1.54, 1.807) is 39.9 Å². The van der Waals surface area contributed by atoms with E-state index in [2.05, 4.69) is 62.8 Å². The number of carbonyl (C=O) groups is 1. The van der Waals surface area contributed by atoms with E-state index >= 15 is 0 Å². The number of nitrogens with two attached hydrogens (primary N) is 1. The number of methoxy groups -OCH3 is 2. The SMILES string of the molecule is C.CC(=O)N=C(C)N(C)C.COC(C)(OC)N(C)C.Cc1noc(C)n1.I[I-]I.NO.